The van der Waals surface area contributed by atoms with Gasteiger partial charge < -0.3 is 9.72 Å². The Kier molecular flexibility index (Phi) is 8.31. The monoisotopic (exact) mass is 452 g/mol. The van der Waals surface area contributed by atoms with Gasteiger partial charge in [0.2, 0.25) is 0 Å². The van der Waals surface area contributed by atoms with E-state index in [9.17, 15) is 9.00 Å². The number of para-hydroxylation sites is 1. The molecule has 0 aliphatic carbocycles. The van der Waals surface area contributed by atoms with E-state index in [4.69, 9.17) is 16.3 Å². The van der Waals surface area contributed by atoms with Gasteiger partial charge in [-0.1, -0.05) is 24.3 Å². The molecule has 0 bridgehead atoms. The van der Waals surface area contributed by atoms with E-state index in [1.54, 1.807) is 6.08 Å². The lowest BCUT2D eigenvalue weighted by Crippen LogP contribution is -2.48. The molecule has 0 unspecified atom stereocenters. The van der Waals surface area contributed by atoms with Crippen molar-refractivity contribution in [2.75, 3.05) is 5.88 Å². The van der Waals surface area contributed by atoms with E-state index in [1.165, 1.54) is 0 Å². The molecule has 30 heavy (non-hydrogen) atoms. The van der Waals surface area contributed by atoms with Gasteiger partial charge >= 0.3 is 5.97 Å². The molecule has 1 heterocycles. The summed E-state index contributed by atoms with van der Waals surface area (Å²) in [4.78, 5) is 15.8. The van der Waals surface area contributed by atoms with Gasteiger partial charge in [0.1, 0.15) is 0 Å². The number of H-pyrrole nitrogens is 1. The fraction of sp³-hybridized carbons (Fsp3) is 0.522. The first-order valence-corrected chi connectivity index (χ1v) is 11.9. The second-order valence-corrected chi connectivity index (χ2v) is 11.0. The molecular formula is C23H33ClN2O3S. The average Bonchev–Trinajstić information content (AvgIpc) is 3.03. The molecule has 0 saturated heterocycles. The predicted molar refractivity (Wildman–Crippen MR) is 126 cm³/mol. The van der Waals surface area contributed by atoms with Gasteiger partial charge in [-0.3, -0.25) is 4.79 Å². The first-order chi connectivity index (χ1) is 14.0. The van der Waals surface area contributed by atoms with Gasteiger partial charge in [0, 0.05) is 28.9 Å². The van der Waals surface area contributed by atoms with E-state index in [0.29, 0.717) is 18.7 Å². The number of esters is 1. The van der Waals surface area contributed by atoms with Crippen molar-refractivity contribution >= 4 is 39.5 Å². The van der Waals surface area contributed by atoms with Crippen molar-refractivity contribution in [3.05, 3.63) is 48.2 Å². The number of carbonyl (C=O) groups excluding carboxylic acids is 1. The van der Waals surface area contributed by atoms with Crippen molar-refractivity contribution in [2.45, 2.75) is 70.3 Å². The highest BCUT2D eigenvalue weighted by molar-refractivity contribution is 7.84. The Morgan fingerprint density at radius 3 is 2.57 bits per heavy atom. The third-order valence-corrected chi connectivity index (χ3v) is 6.73. The lowest BCUT2D eigenvalue weighted by Gasteiger charge is -2.34. The number of ether oxygens (including phenoxy) is 1. The summed E-state index contributed by atoms with van der Waals surface area (Å²) in [6.07, 6.45) is 2.70. The molecule has 1 aromatic heterocycles. The third-order valence-electron chi connectivity index (χ3n) is 4.87. The molecule has 7 heteroatoms. The first kappa shape index (κ1) is 24.6. The number of carbonyl (C=O) groups is 1. The highest BCUT2D eigenvalue weighted by atomic mass is 35.5. The van der Waals surface area contributed by atoms with E-state index in [-0.39, 0.29) is 18.5 Å². The zero-order chi connectivity index (χ0) is 22.5. The quantitative estimate of drug-likeness (QED) is 0.299. The predicted octanol–water partition coefficient (Wildman–Crippen LogP) is 5.11. The van der Waals surface area contributed by atoms with Crippen molar-refractivity contribution in [2.24, 2.45) is 0 Å². The Morgan fingerprint density at radius 2 is 2.00 bits per heavy atom. The number of nitrogens with one attached hydrogen (secondary N) is 2. The van der Waals surface area contributed by atoms with Gasteiger partial charge in [-0.25, -0.2) is 8.93 Å². The molecule has 0 saturated carbocycles. The molecule has 0 fully saturated rings. The van der Waals surface area contributed by atoms with Gasteiger partial charge in [0.15, 0.2) is 0 Å². The number of aryl methyl sites for hydroxylation is 1. The number of hydrogen-bond donors (Lipinski definition) is 2. The van der Waals surface area contributed by atoms with Crippen LogP contribution >= 0.6 is 11.6 Å². The lowest BCUT2D eigenvalue weighted by molar-refractivity contribution is -0.147. The Morgan fingerprint density at radius 1 is 1.33 bits per heavy atom. The summed E-state index contributed by atoms with van der Waals surface area (Å²) in [6, 6.07) is 7.98. The Labute approximate surface area is 187 Å². The van der Waals surface area contributed by atoms with Gasteiger partial charge in [0.25, 0.3) is 0 Å². The highest BCUT2D eigenvalue weighted by Crippen LogP contribution is 2.36. The van der Waals surface area contributed by atoms with Crippen LogP contribution in [0.3, 0.4) is 0 Å². The van der Waals surface area contributed by atoms with Crippen LogP contribution in [-0.2, 0) is 32.5 Å². The van der Waals surface area contributed by atoms with Gasteiger partial charge in [-0.2, -0.15) is 0 Å². The molecule has 0 aliphatic rings. The van der Waals surface area contributed by atoms with Gasteiger partial charge in [0.05, 0.1) is 27.4 Å². The zero-order valence-corrected chi connectivity index (χ0v) is 20.1. The lowest BCUT2D eigenvalue weighted by atomic mass is 9.87. The van der Waals surface area contributed by atoms with E-state index in [0.717, 1.165) is 22.2 Å². The summed E-state index contributed by atoms with van der Waals surface area (Å²) in [7, 11) is -1.39. The first-order valence-electron chi connectivity index (χ1n) is 10.2. The van der Waals surface area contributed by atoms with Crippen LogP contribution in [0.15, 0.2) is 36.9 Å². The summed E-state index contributed by atoms with van der Waals surface area (Å²) in [5.41, 5.74) is 1.94. The Balaban J connectivity index is 2.58. The van der Waals surface area contributed by atoms with Crippen molar-refractivity contribution < 1.29 is 13.7 Å². The maximum absolute atomic E-state index is 13.1. The van der Waals surface area contributed by atoms with Crippen LogP contribution in [0.5, 0.6) is 0 Å². The van der Waals surface area contributed by atoms with Crippen LogP contribution in [0.4, 0.5) is 0 Å². The number of hydrogen-bond acceptors (Lipinski definition) is 3. The second kappa shape index (κ2) is 10.1. The van der Waals surface area contributed by atoms with Crippen LogP contribution in [0.2, 0.25) is 0 Å². The summed E-state index contributed by atoms with van der Waals surface area (Å²) in [5.74, 6) is 0.148. The molecular weight excluding hydrogens is 420 g/mol. The number of aromatic amines is 1. The molecule has 5 nitrogen and oxygen atoms in total. The number of benzene rings is 1. The fourth-order valence-corrected chi connectivity index (χ4v) is 4.46. The zero-order valence-electron chi connectivity index (χ0n) is 18.5. The summed E-state index contributed by atoms with van der Waals surface area (Å²) in [6.45, 7) is 13.4. The van der Waals surface area contributed by atoms with Gasteiger partial charge in [-0.15, -0.1) is 18.2 Å². The molecule has 2 N–H and O–H groups in total. The van der Waals surface area contributed by atoms with Crippen LogP contribution < -0.4 is 4.72 Å². The molecule has 166 valence electrons. The Bertz CT molecular complexity index is 917. The molecule has 0 spiro atoms. The number of alkyl halides is 1. The minimum atomic E-state index is -1.39. The van der Waals surface area contributed by atoms with Crippen LogP contribution in [0.25, 0.3) is 10.9 Å². The minimum Gasteiger partial charge on any atom is -0.463 e. The van der Waals surface area contributed by atoms with Crippen molar-refractivity contribution in [1.82, 2.24) is 9.71 Å². The van der Waals surface area contributed by atoms with E-state index >= 15 is 0 Å². The summed E-state index contributed by atoms with van der Waals surface area (Å²) >= 11 is 6.13. The molecule has 2 rings (SSSR count). The maximum atomic E-state index is 13.1. The molecule has 0 radical (unpaired) electrons. The molecule has 2 atom stereocenters. The maximum Gasteiger partial charge on any atom is 0.306 e. The molecule has 0 amide bonds. The third kappa shape index (κ3) is 5.74. The normalized spacial score (nSPS) is 15.2. The number of fused-ring (bicyclic) bond motifs is 1. The van der Waals surface area contributed by atoms with Crippen molar-refractivity contribution in [3.63, 3.8) is 0 Å². The topological polar surface area (TPSA) is 71.2 Å². The smallest absolute Gasteiger partial charge is 0.306 e. The Hall–Kier alpha value is -1.63. The number of aromatic nitrogens is 1. The molecule has 2 aromatic rings. The van der Waals surface area contributed by atoms with E-state index in [2.05, 4.69) is 16.3 Å². The van der Waals surface area contributed by atoms with Crippen molar-refractivity contribution in [1.29, 1.82) is 0 Å². The van der Waals surface area contributed by atoms with Crippen LogP contribution in [0, 0.1) is 0 Å². The molecule has 0 aliphatic heterocycles. The summed E-state index contributed by atoms with van der Waals surface area (Å²) in [5, 5.41) is 1.06. The standard InChI is InChI=1S/C23H33ClN2O3S/c1-7-23(26-30(28)22(4,5)6,14-12-20(27)29-16(2)3)21-18(13-15-24)17-10-8-9-11-19(17)25-21/h7-11,16,25-26H,1,12-15H2,2-6H3/t23-,30+/m0/s1. The van der Waals surface area contributed by atoms with E-state index < -0.39 is 21.3 Å². The van der Waals surface area contributed by atoms with E-state index in [1.807, 2.05) is 58.9 Å². The molecule has 1 aromatic carbocycles. The van der Waals surface area contributed by atoms with Crippen LogP contribution in [-0.4, -0.2) is 31.9 Å². The van der Waals surface area contributed by atoms with Gasteiger partial charge in [-0.05, 0) is 59.1 Å². The minimum absolute atomic E-state index is 0.161. The summed E-state index contributed by atoms with van der Waals surface area (Å²) < 4.78 is 21.2. The average molecular weight is 453 g/mol. The van der Waals surface area contributed by atoms with Crippen LogP contribution in [0.1, 0.15) is 58.7 Å². The second-order valence-electron chi connectivity index (χ2n) is 8.66. The largest absolute Gasteiger partial charge is 0.463 e. The number of halogens is 1. The number of rotatable bonds is 10. The highest BCUT2D eigenvalue weighted by Gasteiger charge is 2.38. The van der Waals surface area contributed by atoms with Crippen molar-refractivity contribution in [3.8, 4) is 0 Å². The fourth-order valence-electron chi connectivity index (χ4n) is 3.35. The SMILES string of the molecule is C=C[C@@](CCC(=O)OC(C)C)(N[S@](=O)C(C)(C)C)c1[nH]c2ccccc2c1CCCl.